The van der Waals surface area contributed by atoms with Crippen molar-refractivity contribution in [3.05, 3.63) is 29.3 Å². The molecule has 1 amide bonds. The maximum Gasteiger partial charge on any atom is 0.251 e. The quantitative estimate of drug-likeness (QED) is 0.781. The zero-order chi connectivity index (χ0) is 13.8. The molecular weight excluding hydrogens is 240 g/mol. The molecule has 0 aromatic heterocycles. The van der Waals surface area contributed by atoms with E-state index in [1.165, 1.54) is 0 Å². The van der Waals surface area contributed by atoms with E-state index in [2.05, 4.69) is 10.6 Å². The molecule has 1 aromatic carbocycles. The lowest BCUT2D eigenvalue weighted by molar-refractivity contribution is 0.0717. The molecule has 0 aliphatic heterocycles. The lowest BCUT2D eigenvalue weighted by Gasteiger charge is -2.28. The number of carbonyl (C=O) groups is 1. The Hall–Kier alpha value is -1.55. The minimum absolute atomic E-state index is 0.100. The molecule has 2 rings (SSSR count). The number of anilines is 1. The van der Waals surface area contributed by atoms with E-state index in [1.807, 2.05) is 32.2 Å². The smallest absolute Gasteiger partial charge is 0.251 e. The summed E-state index contributed by atoms with van der Waals surface area (Å²) in [4.78, 5) is 12.2. The van der Waals surface area contributed by atoms with Gasteiger partial charge in [-0.1, -0.05) is 12.8 Å². The van der Waals surface area contributed by atoms with Crippen molar-refractivity contribution in [3.63, 3.8) is 0 Å². The molecule has 19 heavy (non-hydrogen) atoms. The molecule has 2 atom stereocenters. The predicted octanol–water partition coefficient (Wildman–Crippen LogP) is 2.07. The summed E-state index contributed by atoms with van der Waals surface area (Å²) in [5.74, 6) is -0.100. The van der Waals surface area contributed by atoms with Gasteiger partial charge in [-0.25, -0.2) is 0 Å². The van der Waals surface area contributed by atoms with Crippen molar-refractivity contribution in [1.29, 1.82) is 0 Å². The molecule has 1 aliphatic rings. The van der Waals surface area contributed by atoms with Crippen molar-refractivity contribution in [2.24, 2.45) is 0 Å². The molecule has 1 fully saturated rings. The van der Waals surface area contributed by atoms with Crippen molar-refractivity contribution in [3.8, 4) is 0 Å². The zero-order valence-electron chi connectivity index (χ0n) is 11.6. The van der Waals surface area contributed by atoms with Crippen molar-refractivity contribution in [2.75, 3.05) is 12.4 Å². The molecule has 104 valence electrons. The second kappa shape index (κ2) is 6.06. The molecule has 0 saturated heterocycles. The summed E-state index contributed by atoms with van der Waals surface area (Å²) < 4.78 is 0. The van der Waals surface area contributed by atoms with Gasteiger partial charge in [0.2, 0.25) is 0 Å². The highest BCUT2D eigenvalue weighted by Gasteiger charge is 2.24. The Labute approximate surface area is 114 Å². The Morgan fingerprint density at radius 1 is 1.32 bits per heavy atom. The van der Waals surface area contributed by atoms with Gasteiger partial charge in [-0.2, -0.15) is 0 Å². The number of hydrogen-bond donors (Lipinski definition) is 3. The summed E-state index contributed by atoms with van der Waals surface area (Å²) in [5, 5.41) is 15.9. The minimum Gasteiger partial charge on any atom is -0.391 e. The number of aryl methyl sites for hydroxylation is 1. The van der Waals surface area contributed by atoms with Gasteiger partial charge in [-0.3, -0.25) is 4.79 Å². The van der Waals surface area contributed by atoms with Gasteiger partial charge in [0.05, 0.1) is 12.1 Å². The topological polar surface area (TPSA) is 61.4 Å². The number of carbonyl (C=O) groups excluding carboxylic acids is 1. The van der Waals surface area contributed by atoms with Crippen molar-refractivity contribution in [1.82, 2.24) is 5.32 Å². The van der Waals surface area contributed by atoms with Crippen molar-refractivity contribution in [2.45, 2.75) is 44.8 Å². The van der Waals surface area contributed by atoms with E-state index >= 15 is 0 Å². The lowest BCUT2D eigenvalue weighted by atomic mass is 9.92. The van der Waals surface area contributed by atoms with E-state index in [9.17, 15) is 9.90 Å². The number of nitrogens with one attached hydrogen (secondary N) is 2. The fraction of sp³-hybridized carbons (Fsp3) is 0.533. The Morgan fingerprint density at radius 3 is 2.68 bits per heavy atom. The molecule has 3 N–H and O–H groups in total. The van der Waals surface area contributed by atoms with Crippen LogP contribution >= 0.6 is 0 Å². The Morgan fingerprint density at radius 2 is 2.05 bits per heavy atom. The van der Waals surface area contributed by atoms with Gasteiger partial charge in [-0.05, 0) is 43.5 Å². The number of amides is 1. The van der Waals surface area contributed by atoms with E-state index in [4.69, 9.17) is 0 Å². The first-order chi connectivity index (χ1) is 9.11. The molecular formula is C15H22N2O2. The van der Waals surface area contributed by atoms with Crippen LogP contribution in [0, 0.1) is 6.92 Å². The predicted molar refractivity (Wildman–Crippen MR) is 76.5 cm³/mol. The molecule has 0 spiro atoms. The van der Waals surface area contributed by atoms with Gasteiger partial charge in [0.15, 0.2) is 0 Å². The summed E-state index contributed by atoms with van der Waals surface area (Å²) in [6, 6.07) is 5.48. The van der Waals surface area contributed by atoms with Crippen LogP contribution < -0.4 is 10.6 Å². The molecule has 2 unspecified atom stereocenters. The molecule has 4 nitrogen and oxygen atoms in total. The van der Waals surface area contributed by atoms with Crippen LogP contribution in [0.15, 0.2) is 18.2 Å². The lowest BCUT2D eigenvalue weighted by Crippen LogP contribution is -2.45. The van der Waals surface area contributed by atoms with Gasteiger partial charge in [0.1, 0.15) is 0 Å². The number of aliphatic hydroxyl groups is 1. The largest absolute Gasteiger partial charge is 0.391 e. The maximum atomic E-state index is 12.2. The van der Waals surface area contributed by atoms with Gasteiger partial charge in [0, 0.05) is 18.3 Å². The monoisotopic (exact) mass is 262 g/mol. The third kappa shape index (κ3) is 3.26. The summed E-state index contributed by atoms with van der Waals surface area (Å²) in [6.45, 7) is 1.97. The van der Waals surface area contributed by atoms with Gasteiger partial charge < -0.3 is 15.7 Å². The van der Waals surface area contributed by atoms with Crippen LogP contribution in [0.25, 0.3) is 0 Å². The number of hydrogen-bond acceptors (Lipinski definition) is 3. The summed E-state index contributed by atoms with van der Waals surface area (Å²) >= 11 is 0. The highest BCUT2D eigenvalue weighted by molar-refractivity contribution is 5.95. The third-order valence-electron chi connectivity index (χ3n) is 3.80. The molecule has 1 aliphatic carbocycles. The fourth-order valence-electron chi connectivity index (χ4n) is 2.62. The Bertz CT molecular complexity index is 459. The zero-order valence-corrected chi connectivity index (χ0v) is 11.6. The van der Waals surface area contributed by atoms with Crippen LogP contribution in [0.1, 0.15) is 41.6 Å². The number of rotatable bonds is 3. The van der Waals surface area contributed by atoms with Crippen molar-refractivity contribution < 1.29 is 9.90 Å². The first-order valence-corrected chi connectivity index (χ1v) is 6.89. The molecule has 0 heterocycles. The standard InChI is InChI=1S/C15H22N2O2/c1-10-9-11(7-8-12(10)16-2)15(19)17-13-5-3-4-6-14(13)18/h7-9,13-14,16,18H,3-6H2,1-2H3,(H,17,19). The summed E-state index contributed by atoms with van der Waals surface area (Å²) in [5.41, 5.74) is 2.71. The van der Waals surface area contributed by atoms with Crippen LogP contribution in [0.2, 0.25) is 0 Å². The first-order valence-electron chi connectivity index (χ1n) is 6.89. The van der Waals surface area contributed by atoms with Gasteiger partial charge in [0.25, 0.3) is 5.91 Å². The minimum atomic E-state index is -0.407. The normalized spacial score (nSPS) is 22.9. The molecule has 0 radical (unpaired) electrons. The van der Waals surface area contributed by atoms with Crippen LogP contribution in [-0.2, 0) is 0 Å². The highest BCUT2D eigenvalue weighted by Crippen LogP contribution is 2.20. The van der Waals surface area contributed by atoms with E-state index in [0.717, 1.165) is 36.9 Å². The highest BCUT2D eigenvalue weighted by atomic mass is 16.3. The van der Waals surface area contributed by atoms with E-state index in [0.29, 0.717) is 5.56 Å². The van der Waals surface area contributed by atoms with E-state index in [1.54, 1.807) is 0 Å². The van der Waals surface area contributed by atoms with E-state index in [-0.39, 0.29) is 11.9 Å². The fourth-order valence-corrected chi connectivity index (χ4v) is 2.62. The van der Waals surface area contributed by atoms with Gasteiger partial charge in [-0.15, -0.1) is 0 Å². The Balaban J connectivity index is 2.05. The van der Waals surface area contributed by atoms with Crippen molar-refractivity contribution >= 4 is 11.6 Å². The first kappa shape index (κ1) is 13.9. The van der Waals surface area contributed by atoms with Crippen LogP contribution in [0.3, 0.4) is 0 Å². The molecule has 4 heteroatoms. The Kier molecular flexibility index (Phi) is 4.43. The summed E-state index contributed by atoms with van der Waals surface area (Å²) in [7, 11) is 1.86. The molecule has 1 aromatic rings. The van der Waals surface area contributed by atoms with Crippen LogP contribution in [-0.4, -0.2) is 30.2 Å². The number of aliphatic hydroxyl groups excluding tert-OH is 1. The average Bonchev–Trinajstić information content (AvgIpc) is 2.41. The average molecular weight is 262 g/mol. The van der Waals surface area contributed by atoms with Crippen LogP contribution in [0.5, 0.6) is 0 Å². The van der Waals surface area contributed by atoms with Crippen LogP contribution in [0.4, 0.5) is 5.69 Å². The number of benzene rings is 1. The van der Waals surface area contributed by atoms with Gasteiger partial charge >= 0.3 is 0 Å². The third-order valence-corrected chi connectivity index (χ3v) is 3.80. The second-order valence-electron chi connectivity index (χ2n) is 5.21. The molecule has 0 bridgehead atoms. The maximum absolute atomic E-state index is 12.2. The summed E-state index contributed by atoms with van der Waals surface area (Å²) in [6.07, 6.45) is 3.35. The SMILES string of the molecule is CNc1ccc(C(=O)NC2CCCCC2O)cc1C. The second-order valence-corrected chi connectivity index (χ2v) is 5.21. The molecule has 1 saturated carbocycles. The van der Waals surface area contributed by atoms with E-state index < -0.39 is 6.10 Å².